The van der Waals surface area contributed by atoms with Crippen LogP contribution in [-0.2, 0) is 0 Å². The Balaban J connectivity index is 2.16. The Morgan fingerprint density at radius 1 is 1.10 bits per heavy atom. The molecular formula is C16H12Cl2N2O. The highest BCUT2D eigenvalue weighted by Gasteiger charge is 2.14. The maximum Gasteiger partial charge on any atom is 0.258 e. The number of amides is 1. The van der Waals surface area contributed by atoms with Crippen molar-refractivity contribution in [2.45, 2.75) is 0 Å². The van der Waals surface area contributed by atoms with Crippen molar-refractivity contribution >= 4 is 34.8 Å². The molecule has 1 amide bonds. The van der Waals surface area contributed by atoms with Gasteiger partial charge in [0.15, 0.2) is 0 Å². The molecule has 0 spiro atoms. The highest BCUT2D eigenvalue weighted by atomic mass is 35.5. The molecule has 0 saturated carbocycles. The summed E-state index contributed by atoms with van der Waals surface area (Å²) in [5.41, 5.74) is 7.03. The molecule has 0 bridgehead atoms. The van der Waals surface area contributed by atoms with Crippen molar-refractivity contribution in [1.29, 1.82) is 0 Å². The molecule has 5 heteroatoms. The molecule has 0 heterocycles. The van der Waals surface area contributed by atoms with E-state index in [0.29, 0.717) is 22.3 Å². The Bertz CT molecular complexity index is 695. The molecule has 106 valence electrons. The van der Waals surface area contributed by atoms with Crippen molar-refractivity contribution in [1.82, 2.24) is 0 Å². The standard InChI is InChI=1S/C16H12Cl2N2O/c17-13-4-1-5-14(18)15(13)16(21)20-12-8-6-11(7-9-12)3-2-10-19/h1,4-9H,10,19H2,(H,20,21). The van der Waals surface area contributed by atoms with Crippen molar-refractivity contribution in [2.24, 2.45) is 5.73 Å². The second kappa shape index (κ2) is 7.14. The lowest BCUT2D eigenvalue weighted by Gasteiger charge is -2.08. The lowest BCUT2D eigenvalue weighted by atomic mass is 10.2. The first kappa shape index (κ1) is 15.4. The topological polar surface area (TPSA) is 55.1 Å². The minimum Gasteiger partial charge on any atom is -0.322 e. The van der Waals surface area contributed by atoms with E-state index in [1.807, 2.05) is 0 Å². The number of rotatable bonds is 2. The predicted octanol–water partition coefficient (Wildman–Crippen LogP) is 3.56. The lowest BCUT2D eigenvalue weighted by molar-refractivity contribution is 0.102. The number of halogens is 2. The largest absolute Gasteiger partial charge is 0.322 e. The van der Waals surface area contributed by atoms with Crippen LogP contribution in [0.5, 0.6) is 0 Å². The number of benzene rings is 2. The summed E-state index contributed by atoms with van der Waals surface area (Å²) >= 11 is 12.0. The van der Waals surface area contributed by atoms with Crippen LogP contribution >= 0.6 is 23.2 Å². The summed E-state index contributed by atoms with van der Waals surface area (Å²) in [5, 5.41) is 3.36. The van der Waals surface area contributed by atoms with Gasteiger partial charge in [0.2, 0.25) is 0 Å². The van der Waals surface area contributed by atoms with E-state index in [2.05, 4.69) is 17.2 Å². The average molecular weight is 319 g/mol. The van der Waals surface area contributed by atoms with Gasteiger partial charge >= 0.3 is 0 Å². The van der Waals surface area contributed by atoms with Crippen LogP contribution < -0.4 is 11.1 Å². The van der Waals surface area contributed by atoms with Crippen LogP contribution in [0, 0.1) is 11.8 Å². The fourth-order valence-electron chi connectivity index (χ4n) is 1.70. The zero-order valence-electron chi connectivity index (χ0n) is 11.0. The summed E-state index contributed by atoms with van der Waals surface area (Å²) < 4.78 is 0. The Labute approximate surface area is 133 Å². The van der Waals surface area contributed by atoms with Crippen LogP contribution in [0.25, 0.3) is 0 Å². The van der Waals surface area contributed by atoms with E-state index < -0.39 is 0 Å². The Morgan fingerprint density at radius 3 is 2.29 bits per heavy atom. The van der Waals surface area contributed by atoms with Gasteiger partial charge in [0, 0.05) is 11.3 Å². The number of hydrogen-bond donors (Lipinski definition) is 2. The quantitative estimate of drug-likeness (QED) is 0.832. The molecule has 21 heavy (non-hydrogen) atoms. The molecule has 0 aliphatic rings. The minimum atomic E-state index is -0.355. The maximum absolute atomic E-state index is 12.2. The highest BCUT2D eigenvalue weighted by Crippen LogP contribution is 2.25. The molecule has 0 unspecified atom stereocenters. The van der Waals surface area contributed by atoms with E-state index in [0.717, 1.165) is 5.56 Å². The van der Waals surface area contributed by atoms with E-state index in [-0.39, 0.29) is 11.5 Å². The van der Waals surface area contributed by atoms with Crippen LogP contribution in [-0.4, -0.2) is 12.5 Å². The van der Waals surface area contributed by atoms with Crippen LogP contribution in [0.3, 0.4) is 0 Å². The fraction of sp³-hybridized carbons (Fsp3) is 0.0625. The molecule has 0 aliphatic heterocycles. The predicted molar refractivity (Wildman–Crippen MR) is 86.8 cm³/mol. The Morgan fingerprint density at radius 2 is 1.71 bits per heavy atom. The molecule has 0 atom stereocenters. The number of nitrogens with two attached hydrogens (primary N) is 1. The van der Waals surface area contributed by atoms with Crippen LogP contribution in [0.4, 0.5) is 5.69 Å². The average Bonchev–Trinajstić information content (AvgIpc) is 2.46. The fourth-order valence-corrected chi connectivity index (χ4v) is 2.27. The van der Waals surface area contributed by atoms with E-state index in [1.54, 1.807) is 42.5 Å². The first-order valence-electron chi connectivity index (χ1n) is 6.16. The monoisotopic (exact) mass is 318 g/mol. The molecule has 0 aliphatic carbocycles. The summed E-state index contributed by atoms with van der Waals surface area (Å²) in [7, 11) is 0. The smallest absolute Gasteiger partial charge is 0.258 e. The summed E-state index contributed by atoms with van der Waals surface area (Å²) in [5.74, 6) is 5.31. The first-order valence-corrected chi connectivity index (χ1v) is 6.92. The number of carbonyl (C=O) groups excluding carboxylic acids is 1. The molecule has 0 radical (unpaired) electrons. The van der Waals surface area contributed by atoms with Gasteiger partial charge in [-0.2, -0.15) is 0 Å². The third-order valence-electron chi connectivity index (χ3n) is 2.67. The van der Waals surface area contributed by atoms with Crippen molar-refractivity contribution in [3.05, 3.63) is 63.6 Å². The molecule has 0 aromatic heterocycles. The zero-order chi connectivity index (χ0) is 15.2. The third-order valence-corrected chi connectivity index (χ3v) is 3.30. The van der Waals surface area contributed by atoms with Gasteiger partial charge in [-0.1, -0.05) is 41.1 Å². The first-order chi connectivity index (χ1) is 10.1. The minimum absolute atomic E-state index is 0.257. The number of carbonyl (C=O) groups is 1. The normalized spacial score (nSPS) is 9.67. The third kappa shape index (κ3) is 3.99. The van der Waals surface area contributed by atoms with E-state index >= 15 is 0 Å². The molecule has 2 aromatic carbocycles. The summed E-state index contributed by atoms with van der Waals surface area (Å²) in [4.78, 5) is 12.2. The highest BCUT2D eigenvalue weighted by molar-refractivity contribution is 6.40. The van der Waals surface area contributed by atoms with Gasteiger partial charge in [-0.05, 0) is 36.4 Å². The van der Waals surface area contributed by atoms with Gasteiger partial charge in [0.1, 0.15) is 0 Å². The van der Waals surface area contributed by atoms with Gasteiger partial charge in [-0.15, -0.1) is 0 Å². The van der Waals surface area contributed by atoms with Crippen molar-refractivity contribution < 1.29 is 4.79 Å². The molecule has 3 nitrogen and oxygen atoms in total. The van der Waals surface area contributed by atoms with Gasteiger partial charge in [-0.3, -0.25) is 4.79 Å². The Kier molecular flexibility index (Phi) is 5.24. The second-order valence-corrected chi connectivity index (χ2v) is 4.95. The SMILES string of the molecule is NCC#Cc1ccc(NC(=O)c2c(Cl)cccc2Cl)cc1. The molecular weight excluding hydrogens is 307 g/mol. The van der Waals surface area contributed by atoms with Crippen LogP contribution in [0.2, 0.25) is 10.0 Å². The van der Waals surface area contributed by atoms with Crippen molar-refractivity contribution in [2.75, 3.05) is 11.9 Å². The number of hydrogen-bond acceptors (Lipinski definition) is 2. The van der Waals surface area contributed by atoms with Crippen molar-refractivity contribution in [3.8, 4) is 11.8 Å². The number of nitrogens with one attached hydrogen (secondary N) is 1. The van der Waals surface area contributed by atoms with Gasteiger partial charge in [-0.25, -0.2) is 0 Å². The van der Waals surface area contributed by atoms with E-state index in [4.69, 9.17) is 28.9 Å². The molecule has 3 N–H and O–H groups in total. The molecule has 2 aromatic rings. The van der Waals surface area contributed by atoms with Gasteiger partial charge in [0.25, 0.3) is 5.91 Å². The summed E-state index contributed by atoms with van der Waals surface area (Å²) in [6, 6.07) is 12.0. The van der Waals surface area contributed by atoms with E-state index in [1.165, 1.54) is 0 Å². The van der Waals surface area contributed by atoms with Crippen LogP contribution in [0.1, 0.15) is 15.9 Å². The van der Waals surface area contributed by atoms with Crippen LogP contribution in [0.15, 0.2) is 42.5 Å². The molecule has 0 fully saturated rings. The van der Waals surface area contributed by atoms with Crippen molar-refractivity contribution in [3.63, 3.8) is 0 Å². The summed E-state index contributed by atoms with van der Waals surface area (Å²) in [6.45, 7) is 0.309. The second-order valence-electron chi connectivity index (χ2n) is 4.13. The van der Waals surface area contributed by atoms with Gasteiger partial charge in [0.05, 0.1) is 22.2 Å². The summed E-state index contributed by atoms with van der Waals surface area (Å²) in [6.07, 6.45) is 0. The van der Waals surface area contributed by atoms with E-state index in [9.17, 15) is 4.79 Å². The lowest BCUT2D eigenvalue weighted by Crippen LogP contribution is -2.13. The molecule has 2 rings (SSSR count). The zero-order valence-corrected chi connectivity index (χ0v) is 12.5. The maximum atomic E-state index is 12.2. The number of anilines is 1. The van der Waals surface area contributed by atoms with Gasteiger partial charge < -0.3 is 11.1 Å². The Hall–Kier alpha value is -1.99. The molecule has 0 saturated heterocycles.